The van der Waals surface area contributed by atoms with Crippen LogP contribution in [0.25, 0.3) is 0 Å². The third-order valence-corrected chi connectivity index (χ3v) is 8.19. The van der Waals surface area contributed by atoms with Crippen molar-refractivity contribution in [3.05, 3.63) is 29.8 Å². The molecule has 3 aliphatic rings. The first-order valence-electron chi connectivity index (χ1n) is 12.3. The second-order valence-electron chi connectivity index (χ2n) is 9.66. The summed E-state index contributed by atoms with van der Waals surface area (Å²) in [4.78, 5) is 32.7. The van der Waals surface area contributed by atoms with E-state index in [0.29, 0.717) is 30.8 Å². The Morgan fingerprint density at radius 1 is 0.906 bits per heavy atom. The molecule has 0 spiro atoms. The van der Waals surface area contributed by atoms with Crippen LogP contribution in [0.1, 0.15) is 51.0 Å². The largest absolute Gasteiger partial charge is 0.340 e. The van der Waals surface area contributed by atoms with Crippen molar-refractivity contribution < 1.29 is 9.59 Å². The lowest BCUT2D eigenvalue weighted by Crippen LogP contribution is -2.59. The molecule has 1 atom stereocenters. The van der Waals surface area contributed by atoms with Gasteiger partial charge in [-0.05, 0) is 42.4 Å². The highest BCUT2D eigenvalue weighted by molar-refractivity contribution is 7.99. The maximum Gasteiger partial charge on any atom is 0.321 e. The molecule has 7 heteroatoms. The van der Waals surface area contributed by atoms with Crippen LogP contribution in [0.3, 0.4) is 0 Å². The molecule has 3 fully saturated rings. The molecule has 1 unspecified atom stereocenters. The molecule has 1 aromatic rings. The van der Waals surface area contributed by atoms with Crippen LogP contribution < -0.4 is 5.32 Å². The van der Waals surface area contributed by atoms with Gasteiger partial charge in [0, 0.05) is 56.5 Å². The van der Waals surface area contributed by atoms with E-state index < -0.39 is 0 Å². The Morgan fingerprint density at radius 2 is 1.53 bits per heavy atom. The molecular formula is C25H38N4O2S. The summed E-state index contributed by atoms with van der Waals surface area (Å²) in [7, 11) is 0. The summed E-state index contributed by atoms with van der Waals surface area (Å²) in [5.74, 6) is 3.38. The summed E-state index contributed by atoms with van der Waals surface area (Å²) in [5, 5.41) is 3.04. The summed E-state index contributed by atoms with van der Waals surface area (Å²) in [6, 6.07) is 8.07. The summed E-state index contributed by atoms with van der Waals surface area (Å²) in [5.41, 5.74) is 2.11. The van der Waals surface area contributed by atoms with Crippen LogP contribution in [0.15, 0.2) is 24.3 Å². The maximum atomic E-state index is 13.5. The zero-order chi connectivity index (χ0) is 22.5. The van der Waals surface area contributed by atoms with Gasteiger partial charge in [-0.2, -0.15) is 11.8 Å². The minimum atomic E-state index is -0.0428. The van der Waals surface area contributed by atoms with Gasteiger partial charge >= 0.3 is 6.03 Å². The van der Waals surface area contributed by atoms with Crippen molar-refractivity contribution in [2.75, 3.05) is 56.1 Å². The van der Waals surface area contributed by atoms with E-state index in [1.807, 2.05) is 28.8 Å². The fourth-order valence-corrected chi connectivity index (χ4v) is 6.16. The van der Waals surface area contributed by atoms with Gasteiger partial charge < -0.3 is 15.1 Å². The quantitative estimate of drug-likeness (QED) is 0.722. The standard InChI is InChI=1S/C25H38N4O2S/c1-19(2)20-7-9-22(10-8-20)26-25(31)29-13-11-27(12-14-29)23(21-5-3-4-6-21)24(30)28-15-17-32-18-16-28/h7-10,19,21,23H,3-6,11-18H2,1-2H3,(H,26,31). The number of piperazine rings is 1. The Hall–Kier alpha value is -1.73. The van der Waals surface area contributed by atoms with Crippen molar-refractivity contribution in [3.63, 3.8) is 0 Å². The Kier molecular flexibility index (Phi) is 8.00. The number of nitrogens with one attached hydrogen (secondary N) is 1. The molecule has 1 N–H and O–H groups in total. The summed E-state index contributed by atoms with van der Waals surface area (Å²) in [6.45, 7) is 8.98. The molecular weight excluding hydrogens is 420 g/mol. The van der Waals surface area contributed by atoms with Crippen molar-refractivity contribution in [1.82, 2.24) is 14.7 Å². The highest BCUT2D eigenvalue weighted by Gasteiger charge is 2.39. The van der Waals surface area contributed by atoms with Crippen LogP contribution in [-0.2, 0) is 4.79 Å². The Bertz CT molecular complexity index is 765. The SMILES string of the molecule is CC(C)c1ccc(NC(=O)N2CCN(C(C(=O)N3CCSCC3)C3CCCC3)CC2)cc1. The fraction of sp³-hybridized carbons (Fsp3) is 0.680. The van der Waals surface area contributed by atoms with Gasteiger partial charge in [-0.25, -0.2) is 4.79 Å². The van der Waals surface area contributed by atoms with Crippen LogP contribution in [0.2, 0.25) is 0 Å². The van der Waals surface area contributed by atoms with E-state index in [-0.39, 0.29) is 12.1 Å². The monoisotopic (exact) mass is 458 g/mol. The fourth-order valence-electron chi connectivity index (χ4n) is 5.26. The van der Waals surface area contributed by atoms with Gasteiger partial charge in [-0.3, -0.25) is 9.69 Å². The van der Waals surface area contributed by atoms with Crippen LogP contribution >= 0.6 is 11.8 Å². The van der Waals surface area contributed by atoms with Crippen LogP contribution in [-0.4, -0.2) is 83.5 Å². The molecule has 0 radical (unpaired) electrons. The first kappa shape index (κ1) is 23.4. The van der Waals surface area contributed by atoms with Gasteiger partial charge in [-0.1, -0.05) is 38.8 Å². The molecule has 6 nitrogen and oxygen atoms in total. The number of carbonyl (C=O) groups is 2. The van der Waals surface area contributed by atoms with E-state index in [2.05, 4.69) is 41.1 Å². The number of hydrogen-bond donors (Lipinski definition) is 1. The number of amides is 3. The Morgan fingerprint density at radius 3 is 2.12 bits per heavy atom. The Balaban J connectivity index is 1.34. The molecule has 2 saturated heterocycles. The van der Waals surface area contributed by atoms with Crippen molar-refractivity contribution >= 4 is 29.4 Å². The number of benzene rings is 1. The predicted octanol–water partition coefficient (Wildman–Crippen LogP) is 4.09. The first-order valence-corrected chi connectivity index (χ1v) is 13.4. The number of anilines is 1. The summed E-state index contributed by atoms with van der Waals surface area (Å²) < 4.78 is 0. The molecule has 2 heterocycles. The zero-order valence-electron chi connectivity index (χ0n) is 19.6. The third kappa shape index (κ3) is 5.60. The average Bonchev–Trinajstić information content (AvgIpc) is 3.35. The van der Waals surface area contributed by atoms with E-state index in [1.165, 1.54) is 18.4 Å². The number of rotatable bonds is 5. The van der Waals surface area contributed by atoms with Crippen LogP contribution in [0.4, 0.5) is 10.5 Å². The smallest absolute Gasteiger partial charge is 0.321 e. The van der Waals surface area contributed by atoms with Crippen molar-refractivity contribution in [2.45, 2.75) is 51.5 Å². The zero-order valence-corrected chi connectivity index (χ0v) is 20.4. The van der Waals surface area contributed by atoms with Crippen molar-refractivity contribution in [1.29, 1.82) is 0 Å². The summed E-state index contributed by atoms with van der Waals surface area (Å²) >= 11 is 1.94. The number of hydrogen-bond acceptors (Lipinski definition) is 4. The molecule has 0 bridgehead atoms. The molecule has 4 rings (SSSR count). The molecule has 176 valence electrons. The number of carbonyl (C=O) groups excluding carboxylic acids is 2. The van der Waals surface area contributed by atoms with Crippen LogP contribution in [0, 0.1) is 5.92 Å². The lowest BCUT2D eigenvalue weighted by molar-refractivity contribution is -0.139. The van der Waals surface area contributed by atoms with Gasteiger partial charge in [0.05, 0.1) is 6.04 Å². The second-order valence-corrected chi connectivity index (χ2v) is 10.9. The molecule has 1 saturated carbocycles. The Labute approximate surface area is 197 Å². The first-order chi connectivity index (χ1) is 15.5. The number of urea groups is 1. The van der Waals surface area contributed by atoms with E-state index >= 15 is 0 Å². The second kappa shape index (κ2) is 10.9. The molecule has 32 heavy (non-hydrogen) atoms. The minimum Gasteiger partial charge on any atom is -0.340 e. The van der Waals surface area contributed by atoms with Gasteiger partial charge in [-0.15, -0.1) is 0 Å². The van der Waals surface area contributed by atoms with Gasteiger partial charge in [0.25, 0.3) is 0 Å². The van der Waals surface area contributed by atoms with E-state index in [9.17, 15) is 9.59 Å². The lowest BCUT2D eigenvalue weighted by atomic mass is 9.94. The molecule has 0 aromatic heterocycles. The highest BCUT2D eigenvalue weighted by Crippen LogP contribution is 2.32. The normalized spacial score (nSPS) is 21.7. The average molecular weight is 459 g/mol. The van der Waals surface area contributed by atoms with E-state index in [0.717, 1.165) is 56.2 Å². The topological polar surface area (TPSA) is 55.9 Å². The lowest BCUT2D eigenvalue weighted by Gasteiger charge is -2.43. The molecule has 2 aliphatic heterocycles. The molecule has 1 aromatic carbocycles. The highest BCUT2D eigenvalue weighted by atomic mass is 32.2. The van der Waals surface area contributed by atoms with Crippen molar-refractivity contribution in [3.8, 4) is 0 Å². The number of thioether (sulfide) groups is 1. The predicted molar refractivity (Wildman–Crippen MR) is 132 cm³/mol. The van der Waals surface area contributed by atoms with E-state index in [1.54, 1.807) is 0 Å². The summed E-state index contributed by atoms with van der Waals surface area (Å²) in [6.07, 6.45) is 4.79. The van der Waals surface area contributed by atoms with Crippen molar-refractivity contribution in [2.24, 2.45) is 5.92 Å². The molecule has 3 amide bonds. The van der Waals surface area contributed by atoms with Crippen LogP contribution in [0.5, 0.6) is 0 Å². The van der Waals surface area contributed by atoms with Gasteiger partial charge in [0.15, 0.2) is 0 Å². The molecule has 1 aliphatic carbocycles. The maximum absolute atomic E-state index is 13.5. The van der Waals surface area contributed by atoms with E-state index in [4.69, 9.17) is 0 Å². The third-order valence-electron chi connectivity index (χ3n) is 7.25. The minimum absolute atomic E-state index is 0.00520. The van der Waals surface area contributed by atoms with Gasteiger partial charge in [0.2, 0.25) is 5.91 Å². The number of nitrogens with zero attached hydrogens (tertiary/aromatic N) is 3. The van der Waals surface area contributed by atoms with Gasteiger partial charge in [0.1, 0.15) is 0 Å².